The molecular weight excluding hydrogens is 240 g/mol. The number of phenols is 1. The van der Waals surface area contributed by atoms with Crippen molar-refractivity contribution >= 4 is 17.3 Å². The highest BCUT2D eigenvalue weighted by Gasteiger charge is 2.13. The molecule has 0 saturated carbocycles. The number of rotatable bonds is 2. The molecule has 0 aliphatic heterocycles. The number of nitrogens with two attached hydrogens (primary N) is 1. The summed E-state index contributed by atoms with van der Waals surface area (Å²) >= 11 is 0. The molecular formula is C15H16N2O2. The van der Waals surface area contributed by atoms with E-state index in [0.29, 0.717) is 5.69 Å². The number of amides is 1. The number of benzene rings is 2. The first-order chi connectivity index (χ1) is 8.99. The summed E-state index contributed by atoms with van der Waals surface area (Å²) in [4.78, 5) is 12.2. The van der Waals surface area contributed by atoms with Gasteiger partial charge in [-0.25, -0.2) is 0 Å². The number of hydrogen-bond acceptors (Lipinski definition) is 3. The fourth-order valence-corrected chi connectivity index (χ4v) is 1.93. The van der Waals surface area contributed by atoms with E-state index in [0.717, 1.165) is 16.8 Å². The maximum Gasteiger partial charge on any atom is 0.257 e. The van der Waals surface area contributed by atoms with Crippen molar-refractivity contribution in [3.8, 4) is 5.75 Å². The zero-order valence-corrected chi connectivity index (χ0v) is 10.9. The second-order valence-electron chi connectivity index (χ2n) is 4.49. The second-order valence-corrected chi connectivity index (χ2v) is 4.49. The van der Waals surface area contributed by atoms with Crippen LogP contribution in [0, 0.1) is 13.8 Å². The van der Waals surface area contributed by atoms with Crippen LogP contribution in [0.15, 0.2) is 36.4 Å². The smallest absolute Gasteiger partial charge is 0.257 e. The normalized spacial score (nSPS) is 10.2. The summed E-state index contributed by atoms with van der Waals surface area (Å²) in [5.74, 6) is -0.313. The average molecular weight is 256 g/mol. The molecule has 98 valence electrons. The number of nitrogen functional groups attached to an aromatic ring is 1. The Kier molecular flexibility index (Phi) is 3.42. The van der Waals surface area contributed by atoms with Gasteiger partial charge in [0.15, 0.2) is 0 Å². The molecule has 0 saturated heterocycles. The number of hydrogen-bond donors (Lipinski definition) is 3. The van der Waals surface area contributed by atoms with Crippen LogP contribution >= 0.6 is 0 Å². The Labute approximate surface area is 111 Å². The minimum atomic E-state index is -0.328. The lowest BCUT2D eigenvalue weighted by Gasteiger charge is -2.12. The molecule has 19 heavy (non-hydrogen) atoms. The van der Waals surface area contributed by atoms with Crippen LogP contribution < -0.4 is 11.1 Å². The molecule has 4 nitrogen and oxygen atoms in total. The van der Waals surface area contributed by atoms with E-state index in [-0.39, 0.29) is 17.2 Å². The van der Waals surface area contributed by atoms with Crippen molar-refractivity contribution in [2.24, 2.45) is 0 Å². The molecule has 2 aromatic carbocycles. The van der Waals surface area contributed by atoms with Gasteiger partial charge < -0.3 is 16.2 Å². The highest BCUT2D eigenvalue weighted by molar-refractivity contribution is 6.08. The molecule has 2 aromatic rings. The van der Waals surface area contributed by atoms with Gasteiger partial charge >= 0.3 is 0 Å². The van der Waals surface area contributed by atoms with Crippen LogP contribution in [-0.2, 0) is 0 Å². The van der Waals surface area contributed by atoms with Crippen molar-refractivity contribution in [3.63, 3.8) is 0 Å². The van der Waals surface area contributed by atoms with Gasteiger partial charge in [0, 0.05) is 11.4 Å². The van der Waals surface area contributed by atoms with Crippen LogP contribution in [0.2, 0.25) is 0 Å². The highest BCUT2D eigenvalue weighted by atomic mass is 16.3. The number of aryl methyl sites for hydroxylation is 2. The molecule has 0 heterocycles. The van der Waals surface area contributed by atoms with Crippen LogP contribution in [0.25, 0.3) is 0 Å². The van der Waals surface area contributed by atoms with E-state index in [1.807, 2.05) is 32.0 Å². The van der Waals surface area contributed by atoms with E-state index < -0.39 is 0 Å². The Bertz CT molecular complexity index is 616. The van der Waals surface area contributed by atoms with E-state index >= 15 is 0 Å². The number of anilines is 2. The quantitative estimate of drug-likeness (QED) is 0.571. The first kappa shape index (κ1) is 13.0. The SMILES string of the molecule is Cc1cccc(C)c1NC(=O)c1cc(O)ccc1N. The van der Waals surface area contributed by atoms with Crippen LogP contribution in [-0.4, -0.2) is 11.0 Å². The van der Waals surface area contributed by atoms with Gasteiger partial charge in [-0.15, -0.1) is 0 Å². The average Bonchev–Trinajstić information content (AvgIpc) is 2.37. The third-order valence-corrected chi connectivity index (χ3v) is 3.00. The van der Waals surface area contributed by atoms with E-state index in [9.17, 15) is 9.90 Å². The molecule has 2 rings (SSSR count). The molecule has 4 N–H and O–H groups in total. The largest absolute Gasteiger partial charge is 0.508 e. The van der Waals surface area contributed by atoms with Gasteiger partial charge in [-0.1, -0.05) is 18.2 Å². The second kappa shape index (κ2) is 5.02. The van der Waals surface area contributed by atoms with Crippen molar-refractivity contribution in [3.05, 3.63) is 53.1 Å². The Balaban J connectivity index is 2.34. The molecule has 0 fully saturated rings. The first-order valence-electron chi connectivity index (χ1n) is 5.95. The molecule has 0 aromatic heterocycles. The van der Waals surface area contributed by atoms with Gasteiger partial charge in [-0.05, 0) is 43.2 Å². The fraction of sp³-hybridized carbons (Fsp3) is 0.133. The zero-order valence-electron chi connectivity index (χ0n) is 10.9. The lowest BCUT2D eigenvalue weighted by Crippen LogP contribution is -2.15. The van der Waals surface area contributed by atoms with Gasteiger partial charge in [-0.2, -0.15) is 0 Å². The first-order valence-corrected chi connectivity index (χ1v) is 5.95. The third-order valence-electron chi connectivity index (χ3n) is 3.00. The molecule has 0 aliphatic carbocycles. The zero-order chi connectivity index (χ0) is 14.0. The topological polar surface area (TPSA) is 75.3 Å². The number of aromatic hydroxyl groups is 1. The standard InChI is InChI=1S/C15H16N2O2/c1-9-4-3-5-10(2)14(9)17-15(19)12-8-11(18)6-7-13(12)16/h3-8,18H,16H2,1-2H3,(H,17,19). The molecule has 0 unspecified atom stereocenters. The van der Waals surface area contributed by atoms with Gasteiger partial charge in [0.25, 0.3) is 5.91 Å². The van der Waals surface area contributed by atoms with E-state index in [4.69, 9.17) is 5.73 Å². The Morgan fingerprint density at radius 2 is 1.79 bits per heavy atom. The van der Waals surface area contributed by atoms with Crippen molar-refractivity contribution in [1.82, 2.24) is 0 Å². The number of phenolic OH excluding ortho intramolecular Hbond substituents is 1. The Morgan fingerprint density at radius 1 is 1.16 bits per heavy atom. The molecule has 4 heteroatoms. The van der Waals surface area contributed by atoms with Crippen molar-refractivity contribution in [2.45, 2.75) is 13.8 Å². The van der Waals surface area contributed by atoms with Crippen LogP contribution in [0.4, 0.5) is 11.4 Å². The molecule has 0 aliphatic rings. The summed E-state index contributed by atoms with van der Waals surface area (Å²) in [5.41, 5.74) is 9.08. The summed E-state index contributed by atoms with van der Waals surface area (Å²) in [6.45, 7) is 3.85. The third kappa shape index (κ3) is 2.68. The lowest BCUT2D eigenvalue weighted by molar-refractivity contribution is 0.102. The van der Waals surface area contributed by atoms with Gasteiger partial charge in [-0.3, -0.25) is 4.79 Å². The summed E-state index contributed by atoms with van der Waals surface area (Å²) in [5, 5.41) is 12.3. The number of nitrogens with one attached hydrogen (secondary N) is 1. The van der Waals surface area contributed by atoms with Crippen LogP contribution in [0.3, 0.4) is 0 Å². The van der Waals surface area contributed by atoms with Gasteiger partial charge in [0.05, 0.1) is 5.56 Å². The van der Waals surface area contributed by atoms with Crippen molar-refractivity contribution < 1.29 is 9.90 Å². The van der Waals surface area contributed by atoms with Gasteiger partial charge in [0.2, 0.25) is 0 Å². The van der Waals surface area contributed by atoms with Gasteiger partial charge in [0.1, 0.15) is 5.75 Å². The van der Waals surface area contributed by atoms with Crippen LogP contribution in [0.1, 0.15) is 21.5 Å². The Hall–Kier alpha value is -2.49. The summed E-state index contributed by atoms with van der Waals surface area (Å²) in [6.07, 6.45) is 0. The highest BCUT2D eigenvalue weighted by Crippen LogP contribution is 2.23. The summed E-state index contributed by atoms with van der Waals surface area (Å²) in [7, 11) is 0. The summed E-state index contributed by atoms with van der Waals surface area (Å²) < 4.78 is 0. The van der Waals surface area contributed by atoms with E-state index in [1.54, 1.807) is 0 Å². The van der Waals surface area contributed by atoms with E-state index in [1.165, 1.54) is 18.2 Å². The maximum atomic E-state index is 12.2. The predicted octanol–water partition coefficient (Wildman–Crippen LogP) is 2.84. The molecule has 0 atom stereocenters. The monoisotopic (exact) mass is 256 g/mol. The minimum Gasteiger partial charge on any atom is -0.508 e. The number of carbonyl (C=O) groups is 1. The minimum absolute atomic E-state index is 0.0147. The van der Waals surface area contributed by atoms with Crippen LogP contribution in [0.5, 0.6) is 5.75 Å². The molecule has 0 bridgehead atoms. The Morgan fingerprint density at radius 3 is 2.42 bits per heavy atom. The van der Waals surface area contributed by atoms with Crippen molar-refractivity contribution in [1.29, 1.82) is 0 Å². The summed E-state index contributed by atoms with van der Waals surface area (Å²) in [6, 6.07) is 10.1. The molecule has 0 radical (unpaired) electrons. The van der Waals surface area contributed by atoms with E-state index in [2.05, 4.69) is 5.32 Å². The molecule has 1 amide bonds. The lowest BCUT2D eigenvalue weighted by atomic mass is 10.1. The fourth-order valence-electron chi connectivity index (χ4n) is 1.93. The number of carbonyl (C=O) groups excluding carboxylic acids is 1. The number of para-hydroxylation sites is 1. The van der Waals surface area contributed by atoms with Crippen molar-refractivity contribution in [2.75, 3.05) is 11.1 Å². The molecule has 0 spiro atoms. The predicted molar refractivity (Wildman–Crippen MR) is 76.4 cm³/mol. The maximum absolute atomic E-state index is 12.2.